The molecule has 1 N–H and O–H groups in total. The van der Waals surface area contributed by atoms with Gasteiger partial charge >= 0.3 is 0 Å². The molecule has 0 radical (unpaired) electrons. The molecule has 0 aromatic heterocycles. The summed E-state index contributed by atoms with van der Waals surface area (Å²) in [5, 5.41) is 13.6. The summed E-state index contributed by atoms with van der Waals surface area (Å²) in [7, 11) is -3.58. The van der Waals surface area contributed by atoms with Gasteiger partial charge in [0.15, 0.2) is 0 Å². The van der Waals surface area contributed by atoms with Crippen molar-refractivity contribution in [3.63, 3.8) is 0 Å². The number of nitro groups is 1. The van der Waals surface area contributed by atoms with Gasteiger partial charge in [0, 0.05) is 49.1 Å². The number of carbonyl (C=O) groups excluding carboxylic acids is 1. The largest absolute Gasteiger partial charge is 0.322 e. The first kappa shape index (κ1) is 21.9. The van der Waals surface area contributed by atoms with E-state index in [0.717, 1.165) is 6.54 Å². The molecule has 1 aliphatic heterocycles. The number of anilines is 1. The minimum absolute atomic E-state index is 0.0547. The third kappa shape index (κ3) is 4.66. The highest BCUT2D eigenvalue weighted by Crippen LogP contribution is 2.22. The molecule has 1 fully saturated rings. The highest BCUT2D eigenvalue weighted by atomic mass is 32.2. The lowest BCUT2D eigenvalue weighted by Crippen LogP contribution is -2.48. The quantitative estimate of drug-likeness (QED) is 0.554. The van der Waals surface area contributed by atoms with Gasteiger partial charge in [0.25, 0.3) is 11.6 Å². The van der Waals surface area contributed by atoms with E-state index in [9.17, 15) is 23.3 Å². The molecule has 10 heteroatoms. The molecule has 3 rings (SSSR count). The van der Waals surface area contributed by atoms with E-state index in [4.69, 9.17) is 0 Å². The van der Waals surface area contributed by atoms with Crippen LogP contribution in [-0.2, 0) is 10.0 Å². The summed E-state index contributed by atoms with van der Waals surface area (Å²) in [5.41, 5.74) is 1.05. The summed E-state index contributed by atoms with van der Waals surface area (Å²) in [6.45, 7) is 6.83. The van der Waals surface area contributed by atoms with E-state index in [1.165, 1.54) is 46.8 Å². The standard InChI is InChI=1S/C20H24N4O5S/c1-3-22-10-12-23(13-11-22)30(28,29)18-7-5-17(6-8-18)21-20(25)16-4-9-19(24(26)27)15(2)14-16/h4-9,14H,3,10-13H2,1-2H3,(H,21,25). The van der Waals surface area contributed by atoms with Crippen LogP contribution in [0.4, 0.5) is 11.4 Å². The first-order chi connectivity index (χ1) is 14.2. The minimum Gasteiger partial charge on any atom is -0.322 e. The van der Waals surface area contributed by atoms with Gasteiger partial charge < -0.3 is 10.2 Å². The van der Waals surface area contributed by atoms with Crippen LogP contribution >= 0.6 is 0 Å². The Kier molecular flexibility index (Phi) is 6.49. The Bertz CT molecular complexity index is 1050. The fraction of sp³-hybridized carbons (Fsp3) is 0.350. The topological polar surface area (TPSA) is 113 Å². The lowest BCUT2D eigenvalue weighted by molar-refractivity contribution is -0.385. The number of amides is 1. The third-order valence-electron chi connectivity index (χ3n) is 5.18. The smallest absolute Gasteiger partial charge is 0.272 e. The van der Waals surface area contributed by atoms with Crippen molar-refractivity contribution in [1.82, 2.24) is 9.21 Å². The number of nitrogens with zero attached hydrogens (tertiary/aromatic N) is 3. The van der Waals surface area contributed by atoms with Crippen molar-refractivity contribution in [2.24, 2.45) is 0 Å². The number of benzene rings is 2. The van der Waals surface area contributed by atoms with E-state index in [2.05, 4.69) is 17.1 Å². The molecule has 160 valence electrons. The Morgan fingerprint density at radius 1 is 1.10 bits per heavy atom. The molecule has 0 bridgehead atoms. The predicted octanol–water partition coefficient (Wildman–Crippen LogP) is 2.48. The van der Waals surface area contributed by atoms with E-state index in [-0.39, 0.29) is 16.1 Å². The van der Waals surface area contributed by atoms with Crippen LogP contribution in [-0.4, -0.2) is 61.2 Å². The Labute approximate surface area is 175 Å². The average molecular weight is 433 g/mol. The second-order valence-corrected chi connectivity index (χ2v) is 9.01. The number of hydrogen-bond donors (Lipinski definition) is 1. The summed E-state index contributed by atoms with van der Waals surface area (Å²) in [5.74, 6) is -0.431. The fourth-order valence-electron chi connectivity index (χ4n) is 3.35. The van der Waals surface area contributed by atoms with Gasteiger partial charge in [-0.3, -0.25) is 14.9 Å². The van der Waals surface area contributed by atoms with Crippen molar-refractivity contribution >= 4 is 27.3 Å². The van der Waals surface area contributed by atoms with Gasteiger partial charge in [0.1, 0.15) is 0 Å². The molecule has 0 atom stereocenters. The number of carbonyl (C=O) groups is 1. The number of sulfonamides is 1. The van der Waals surface area contributed by atoms with Gasteiger partial charge in [-0.1, -0.05) is 6.92 Å². The van der Waals surface area contributed by atoms with Crippen molar-refractivity contribution < 1.29 is 18.1 Å². The zero-order valence-corrected chi connectivity index (χ0v) is 17.7. The van der Waals surface area contributed by atoms with Crippen LogP contribution in [0.5, 0.6) is 0 Å². The molecule has 0 aliphatic carbocycles. The van der Waals surface area contributed by atoms with Crippen LogP contribution < -0.4 is 5.32 Å². The number of likely N-dealkylation sites (N-methyl/N-ethyl adjacent to an activating group) is 1. The summed E-state index contributed by atoms with van der Waals surface area (Å²) < 4.78 is 27.1. The molecule has 2 aromatic carbocycles. The maximum atomic E-state index is 12.8. The second-order valence-electron chi connectivity index (χ2n) is 7.08. The number of piperazine rings is 1. The molecule has 9 nitrogen and oxygen atoms in total. The third-order valence-corrected chi connectivity index (χ3v) is 7.10. The first-order valence-electron chi connectivity index (χ1n) is 9.61. The molecule has 0 saturated carbocycles. The highest BCUT2D eigenvalue weighted by molar-refractivity contribution is 7.89. The van der Waals surface area contributed by atoms with Gasteiger partial charge in [0.2, 0.25) is 10.0 Å². The summed E-state index contributed by atoms with van der Waals surface area (Å²) in [4.78, 5) is 25.2. The molecule has 0 spiro atoms. The summed E-state index contributed by atoms with van der Waals surface area (Å²) in [6, 6.07) is 10.1. The second kappa shape index (κ2) is 8.90. The first-order valence-corrected chi connectivity index (χ1v) is 11.1. The minimum atomic E-state index is -3.58. The molecular formula is C20H24N4O5S. The maximum absolute atomic E-state index is 12.8. The van der Waals surface area contributed by atoms with Crippen LogP contribution in [0, 0.1) is 17.0 Å². The molecule has 1 aliphatic rings. The van der Waals surface area contributed by atoms with E-state index in [1.54, 1.807) is 6.92 Å². The van der Waals surface area contributed by atoms with Crippen molar-refractivity contribution in [3.05, 3.63) is 63.7 Å². The summed E-state index contributed by atoms with van der Waals surface area (Å²) in [6.07, 6.45) is 0. The number of hydrogen-bond acceptors (Lipinski definition) is 6. The Balaban J connectivity index is 1.69. The molecular weight excluding hydrogens is 408 g/mol. The zero-order chi connectivity index (χ0) is 21.9. The normalized spacial score (nSPS) is 15.7. The Morgan fingerprint density at radius 3 is 2.27 bits per heavy atom. The van der Waals surface area contributed by atoms with Crippen LogP contribution in [0.2, 0.25) is 0 Å². The fourth-order valence-corrected chi connectivity index (χ4v) is 4.77. The van der Waals surface area contributed by atoms with Gasteiger partial charge in [-0.15, -0.1) is 0 Å². The average Bonchev–Trinajstić information content (AvgIpc) is 2.73. The SMILES string of the molecule is CCN1CCN(S(=O)(=O)c2ccc(NC(=O)c3ccc([N+](=O)[O-])c(C)c3)cc2)CC1. The van der Waals surface area contributed by atoms with E-state index < -0.39 is 20.9 Å². The van der Waals surface area contributed by atoms with Crippen LogP contribution in [0.3, 0.4) is 0 Å². The molecule has 1 amide bonds. The lowest BCUT2D eigenvalue weighted by Gasteiger charge is -2.33. The van der Waals surface area contributed by atoms with Gasteiger partial charge in [-0.25, -0.2) is 8.42 Å². The number of nitro benzene ring substituents is 1. The van der Waals surface area contributed by atoms with Crippen LogP contribution in [0.1, 0.15) is 22.8 Å². The number of nitrogens with one attached hydrogen (secondary N) is 1. The molecule has 30 heavy (non-hydrogen) atoms. The van der Waals surface area contributed by atoms with E-state index in [0.29, 0.717) is 37.4 Å². The number of rotatable bonds is 6. The molecule has 1 heterocycles. The monoisotopic (exact) mass is 432 g/mol. The van der Waals surface area contributed by atoms with Crippen LogP contribution in [0.25, 0.3) is 0 Å². The molecule has 0 unspecified atom stereocenters. The van der Waals surface area contributed by atoms with Gasteiger partial charge in [0.05, 0.1) is 9.82 Å². The Hall–Kier alpha value is -2.82. The zero-order valence-electron chi connectivity index (χ0n) is 16.9. The Morgan fingerprint density at radius 2 is 1.73 bits per heavy atom. The molecule has 1 saturated heterocycles. The van der Waals surface area contributed by atoms with E-state index in [1.807, 2.05) is 0 Å². The van der Waals surface area contributed by atoms with Crippen molar-refractivity contribution in [2.45, 2.75) is 18.7 Å². The highest BCUT2D eigenvalue weighted by Gasteiger charge is 2.28. The predicted molar refractivity (Wildman–Crippen MR) is 113 cm³/mol. The van der Waals surface area contributed by atoms with Gasteiger partial charge in [-0.05, 0) is 49.9 Å². The van der Waals surface area contributed by atoms with Crippen molar-refractivity contribution in [2.75, 3.05) is 38.0 Å². The van der Waals surface area contributed by atoms with E-state index >= 15 is 0 Å². The summed E-state index contributed by atoms with van der Waals surface area (Å²) >= 11 is 0. The molecule has 2 aromatic rings. The van der Waals surface area contributed by atoms with Crippen molar-refractivity contribution in [3.8, 4) is 0 Å². The van der Waals surface area contributed by atoms with Crippen LogP contribution in [0.15, 0.2) is 47.4 Å². The number of aryl methyl sites for hydroxylation is 1. The maximum Gasteiger partial charge on any atom is 0.272 e. The lowest BCUT2D eigenvalue weighted by atomic mass is 10.1. The van der Waals surface area contributed by atoms with Crippen molar-refractivity contribution in [1.29, 1.82) is 0 Å². The van der Waals surface area contributed by atoms with Gasteiger partial charge in [-0.2, -0.15) is 4.31 Å².